The maximum absolute atomic E-state index is 12.7. The summed E-state index contributed by atoms with van der Waals surface area (Å²) in [7, 11) is 4.74. The number of ether oxygens (including phenoxy) is 6. The lowest BCUT2D eigenvalue weighted by Crippen LogP contribution is -2.43. The van der Waals surface area contributed by atoms with Crippen molar-refractivity contribution in [1.82, 2.24) is 9.55 Å². The second-order valence-electron chi connectivity index (χ2n) is 10.2. The van der Waals surface area contributed by atoms with Crippen LogP contribution in [0.4, 0.5) is 0 Å². The average Bonchev–Trinajstić information content (AvgIpc) is 3.36. The summed E-state index contributed by atoms with van der Waals surface area (Å²) in [5, 5.41) is 11.3. The largest absolute Gasteiger partial charge is 0.497 e. The lowest BCUT2D eigenvalue weighted by Gasteiger charge is -2.37. The molecule has 232 valence electrons. The van der Waals surface area contributed by atoms with Crippen LogP contribution in [0.1, 0.15) is 22.9 Å². The molecule has 0 amide bonds. The van der Waals surface area contributed by atoms with Crippen molar-refractivity contribution in [2.45, 2.75) is 30.1 Å². The van der Waals surface area contributed by atoms with Gasteiger partial charge in [-0.25, -0.2) is 9.36 Å². The van der Waals surface area contributed by atoms with Crippen molar-refractivity contribution in [3.8, 4) is 11.5 Å². The molecule has 1 aliphatic heterocycles. The predicted molar refractivity (Wildman–Crippen MR) is 161 cm³/mol. The maximum Gasteiger partial charge on any atom is 0.330 e. The van der Waals surface area contributed by atoms with Crippen molar-refractivity contribution in [3.05, 3.63) is 129 Å². The van der Waals surface area contributed by atoms with Crippen LogP contribution in [0.25, 0.3) is 0 Å². The molecule has 2 heterocycles. The van der Waals surface area contributed by atoms with Gasteiger partial charge in [0, 0.05) is 19.4 Å². The zero-order valence-electron chi connectivity index (χ0n) is 24.8. The number of aromatic amines is 1. The van der Waals surface area contributed by atoms with Crippen molar-refractivity contribution in [2.75, 3.05) is 41.2 Å². The van der Waals surface area contributed by atoms with Crippen molar-refractivity contribution >= 4 is 0 Å². The van der Waals surface area contributed by atoms with Crippen molar-refractivity contribution < 1.29 is 33.5 Å². The SMILES string of the molecule is COCCO[C@H]1[C@@H](O)[C@H](n2c(=O)cc[nH]c2=O)O[C@@H]1COC(c1ccccc1)(c1ccc(OC)cc1)c1ccc(OC)cc1. The number of aromatic nitrogens is 2. The highest BCUT2D eigenvalue weighted by atomic mass is 16.6. The topological polar surface area (TPSA) is 130 Å². The summed E-state index contributed by atoms with van der Waals surface area (Å²) in [6.45, 7) is 0.322. The normalized spacial score (nSPS) is 20.0. The van der Waals surface area contributed by atoms with E-state index in [-0.39, 0.29) is 19.8 Å². The van der Waals surface area contributed by atoms with Gasteiger partial charge in [-0.3, -0.25) is 4.79 Å². The third-order valence-electron chi connectivity index (χ3n) is 7.69. The Labute approximate surface area is 254 Å². The number of hydrogen-bond acceptors (Lipinski definition) is 9. The Bertz CT molecular complexity index is 1530. The van der Waals surface area contributed by atoms with E-state index in [1.54, 1.807) is 14.2 Å². The summed E-state index contributed by atoms with van der Waals surface area (Å²) in [5.74, 6) is 1.36. The maximum atomic E-state index is 12.7. The van der Waals surface area contributed by atoms with Crippen molar-refractivity contribution in [3.63, 3.8) is 0 Å². The monoisotopic (exact) mass is 604 g/mol. The van der Waals surface area contributed by atoms with Crippen LogP contribution in [0, 0.1) is 0 Å². The van der Waals surface area contributed by atoms with E-state index in [2.05, 4.69) is 4.98 Å². The minimum Gasteiger partial charge on any atom is -0.497 e. The summed E-state index contributed by atoms with van der Waals surface area (Å²) < 4.78 is 36.0. The fraction of sp³-hybridized carbons (Fsp3) is 0.333. The number of aliphatic hydroxyl groups excluding tert-OH is 1. The Morgan fingerprint density at radius 3 is 1.95 bits per heavy atom. The Morgan fingerprint density at radius 1 is 0.818 bits per heavy atom. The molecule has 1 aromatic heterocycles. The number of nitrogens with one attached hydrogen (secondary N) is 1. The van der Waals surface area contributed by atoms with Gasteiger partial charge < -0.3 is 38.5 Å². The summed E-state index contributed by atoms with van der Waals surface area (Å²) in [6.07, 6.45) is -3.23. The first kappa shape index (κ1) is 31.2. The summed E-state index contributed by atoms with van der Waals surface area (Å²) in [5.41, 5.74) is -0.0590. The molecule has 0 saturated carbocycles. The number of rotatable bonds is 13. The molecule has 0 bridgehead atoms. The fourth-order valence-corrected chi connectivity index (χ4v) is 5.50. The molecule has 1 aliphatic rings. The van der Waals surface area contributed by atoms with Gasteiger partial charge >= 0.3 is 5.69 Å². The average molecular weight is 605 g/mol. The number of aliphatic hydroxyl groups is 1. The molecule has 5 rings (SSSR count). The van der Waals surface area contributed by atoms with Gasteiger partial charge in [0.05, 0.1) is 34.0 Å². The van der Waals surface area contributed by atoms with Crippen molar-refractivity contribution in [2.24, 2.45) is 0 Å². The minimum absolute atomic E-state index is 0.0857. The number of H-pyrrole nitrogens is 1. The molecule has 2 N–H and O–H groups in total. The third-order valence-corrected chi connectivity index (χ3v) is 7.69. The Morgan fingerprint density at radius 2 is 1.41 bits per heavy atom. The van der Waals surface area contributed by atoms with E-state index in [0.29, 0.717) is 11.5 Å². The van der Waals surface area contributed by atoms with Crippen LogP contribution >= 0.6 is 0 Å². The van der Waals surface area contributed by atoms with Crippen LogP contribution < -0.4 is 20.7 Å². The second kappa shape index (κ2) is 14.0. The molecule has 1 fully saturated rings. The minimum atomic E-state index is -1.35. The van der Waals surface area contributed by atoms with Gasteiger partial charge in [0.15, 0.2) is 6.23 Å². The molecule has 1 saturated heterocycles. The number of methoxy groups -OCH3 is 3. The lowest BCUT2D eigenvalue weighted by atomic mass is 9.80. The zero-order valence-corrected chi connectivity index (χ0v) is 24.8. The summed E-state index contributed by atoms with van der Waals surface area (Å²) in [4.78, 5) is 27.8. The van der Waals surface area contributed by atoms with Gasteiger partial charge in [-0.1, -0.05) is 54.6 Å². The molecule has 0 unspecified atom stereocenters. The van der Waals surface area contributed by atoms with Gasteiger partial charge in [-0.2, -0.15) is 0 Å². The highest BCUT2D eigenvalue weighted by Crippen LogP contribution is 2.43. The van der Waals surface area contributed by atoms with Crippen LogP contribution in [-0.2, 0) is 24.5 Å². The highest BCUT2D eigenvalue weighted by Gasteiger charge is 2.48. The fourth-order valence-electron chi connectivity index (χ4n) is 5.50. The second-order valence-corrected chi connectivity index (χ2v) is 10.2. The molecule has 44 heavy (non-hydrogen) atoms. The van der Waals surface area contributed by atoms with Gasteiger partial charge in [0.25, 0.3) is 5.56 Å². The molecule has 11 nitrogen and oxygen atoms in total. The molecular formula is C33H36N2O9. The van der Waals surface area contributed by atoms with E-state index >= 15 is 0 Å². The molecule has 0 aliphatic carbocycles. The molecule has 11 heteroatoms. The van der Waals surface area contributed by atoms with Crippen LogP contribution in [0.15, 0.2) is 101 Å². The van der Waals surface area contributed by atoms with Gasteiger partial charge in [-0.15, -0.1) is 0 Å². The van der Waals surface area contributed by atoms with Crippen LogP contribution in [0.2, 0.25) is 0 Å². The molecular weight excluding hydrogens is 568 g/mol. The number of benzene rings is 3. The summed E-state index contributed by atoms with van der Waals surface area (Å²) >= 11 is 0. The highest BCUT2D eigenvalue weighted by molar-refractivity contribution is 5.49. The molecule has 4 aromatic rings. The van der Waals surface area contributed by atoms with Crippen LogP contribution in [0.3, 0.4) is 0 Å². The van der Waals surface area contributed by atoms with E-state index in [0.717, 1.165) is 21.3 Å². The third kappa shape index (κ3) is 6.19. The van der Waals surface area contributed by atoms with E-state index in [4.69, 9.17) is 28.4 Å². The van der Waals surface area contributed by atoms with Gasteiger partial charge in [0.2, 0.25) is 0 Å². The molecule has 3 aromatic carbocycles. The lowest BCUT2D eigenvalue weighted by molar-refractivity contribution is -0.107. The van der Waals surface area contributed by atoms with E-state index in [9.17, 15) is 14.7 Å². The van der Waals surface area contributed by atoms with E-state index in [1.807, 2.05) is 78.9 Å². The first-order valence-electron chi connectivity index (χ1n) is 14.2. The Balaban J connectivity index is 1.59. The molecule has 0 spiro atoms. The standard InChI is InChI=1S/C33H36N2O9/c1-39-19-20-42-30-27(44-31(29(30)37)35-28(36)17-18-34-32(35)38)21-43-33(22-7-5-4-6-8-22,23-9-13-25(40-2)14-10-23)24-11-15-26(41-3)16-12-24/h4-18,27,29-31,37H,19-21H2,1-3H3,(H,34,38)/t27-,29-,30-,31-/m1/s1. The number of nitrogens with zero attached hydrogens (tertiary/aromatic N) is 1. The van der Waals surface area contributed by atoms with Gasteiger partial charge in [-0.05, 0) is 41.0 Å². The first-order chi connectivity index (χ1) is 21.4. The molecule has 4 atom stereocenters. The number of hydrogen-bond donors (Lipinski definition) is 2. The van der Waals surface area contributed by atoms with Crippen LogP contribution in [-0.4, -0.2) is 74.1 Å². The zero-order chi connectivity index (χ0) is 31.1. The molecule has 0 radical (unpaired) electrons. The van der Waals surface area contributed by atoms with E-state index < -0.39 is 41.4 Å². The summed E-state index contributed by atoms with van der Waals surface area (Å²) in [6, 6.07) is 26.1. The van der Waals surface area contributed by atoms with Crippen molar-refractivity contribution in [1.29, 1.82) is 0 Å². The van der Waals surface area contributed by atoms with E-state index in [1.165, 1.54) is 19.4 Å². The first-order valence-corrected chi connectivity index (χ1v) is 14.2. The quantitative estimate of drug-likeness (QED) is 0.175. The Hall–Kier alpha value is -4.26. The smallest absolute Gasteiger partial charge is 0.330 e. The predicted octanol–water partition coefficient (Wildman–Crippen LogP) is 2.85. The van der Waals surface area contributed by atoms with Crippen LogP contribution in [0.5, 0.6) is 11.5 Å². The Kier molecular flexibility index (Phi) is 9.93. The van der Waals surface area contributed by atoms with Gasteiger partial charge in [0.1, 0.15) is 35.4 Å².